The first-order valence-electron chi connectivity index (χ1n) is 5.06. The van der Waals surface area contributed by atoms with E-state index >= 15 is 0 Å². The van der Waals surface area contributed by atoms with Gasteiger partial charge in [0.25, 0.3) is 0 Å². The molecular formula is C11H11I3N2O3. The number of carbonyl (C=O) groups is 2. The number of nitrogens with zero attached hydrogens (tertiary/aromatic N) is 2. The van der Waals surface area contributed by atoms with Gasteiger partial charge < -0.3 is 14.9 Å². The van der Waals surface area contributed by atoms with Crippen LogP contribution in [0, 0.1) is 10.7 Å². The van der Waals surface area contributed by atoms with Gasteiger partial charge in [0.15, 0.2) is 6.29 Å². The van der Waals surface area contributed by atoms with Crippen LogP contribution < -0.4 is 9.80 Å². The van der Waals surface area contributed by atoms with Crippen LogP contribution in [-0.4, -0.2) is 38.6 Å². The third kappa shape index (κ3) is 3.32. The van der Waals surface area contributed by atoms with Crippen LogP contribution in [0.5, 0.6) is 0 Å². The van der Waals surface area contributed by atoms with Crippen molar-refractivity contribution in [1.29, 1.82) is 0 Å². The lowest BCUT2D eigenvalue weighted by molar-refractivity contribution is -0.107. The van der Waals surface area contributed by atoms with Crippen LogP contribution in [0.2, 0.25) is 0 Å². The highest BCUT2D eigenvalue weighted by Crippen LogP contribution is 2.40. The van der Waals surface area contributed by atoms with Crippen molar-refractivity contribution in [2.75, 3.05) is 30.6 Å². The maximum atomic E-state index is 11.3. The average Bonchev–Trinajstić information content (AvgIpc) is 2.38. The Morgan fingerprint density at radius 1 is 1.05 bits per heavy atom. The molecule has 104 valence electrons. The van der Waals surface area contributed by atoms with Gasteiger partial charge in [-0.05, 0) is 67.8 Å². The predicted molar refractivity (Wildman–Crippen MR) is 99.9 cm³/mol. The van der Waals surface area contributed by atoms with Gasteiger partial charge in [0.1, 0.15) is 6.73 Å². The van der Waals surface area contributed by atoms with Gasteiger partial charge in [-0.25, -0.2) is 0 Å². The Morgan fingerprint density at radius 3 is 2.00 bits per heavy atom. The van der Waals surface area contributed by atoms with Crippen LogP contribution in [0.25, 0.3) is 0 Å². The maximum Gasteiger partial charge on any atom is 0.213 e. The third-order valence-electron chi connectivity index (χ3n) is 2.53. The minimum atomic E-state index is -0.171. The molecule has 5 nitrogen and oxygen atoms in total. The van der Waals surface area contributed by atoms with E-state index in [0.29, 0.717) is 17.7 Å². The van der Waals surface area contributed by atoms with E-state index in [1.54, 1.807) is 19.0 Å². The highest BCUT2D eigenvalue weighted by Gasteiger charge is 2.23. The number of rotatable bonds is 5. The summed E-state index contributed by atoms with van der Waals surface area (Å²) in [5, 5.41) is 9.30. The summed E-state index contributed by atoms with van der Waals surface area (Å²) >= 11 is 6.27. The molecule has 0 fully saturated rings. The standard InChI is InChI=1S/C11H11I3N2O3/c1-15(4-18)10-7(12)6(3-17)8(13)11(9(10)14)16(2)5-19/h3-4,19H,5H2,1-2H3. The number of hydrogen-bond donors (Lipinski definition) is 1. The van der Waals surface area contributed by atoms with Gasteiger partial charge in [0.2, 0.25) is 6.41 Å². The number of anilines is 2. The molecule has 1 N–H and O–H groups in total. The molecule has 0 aliphatic rings. The summed E-state index contributed by atoms with van der Waals surface area (Å²) in [5.41, 5.74) is 1.95. The maximum absolute atomic E-state index is 11.3. The van der Waals surface area contributed by atoms with E-state index in [2.05, 4.69) is 67.8 Å². The van der Waals surface area contributed by atoms with Crippen LogP contribution in [0.15, 0.2) is 0 Å². The Morgan fingerprint density at radius 2 is 1.58 bits per heavy atom. The molecule has 0 atom stereocenters. The lowest BCUT2D eigenvalue weighted by Gasteiger charge is -2.26. The number of halogens is 3. The van der Waals surface area contributed by atoms with Gasteiger partial charge in [-0.2, -0.15) is 0 Å². The quantitative estimate of drug-likeness (QED) is 0.321. The zero-order chi connectivity index (χ0) is 14.7. The van der Waals surface area contributed by atoms with E-state index in [1.165, 1.54) is 4.90 Å². The summed E-state index contributed by atoms with van der Waals surface area (Å²) in [6.07, 6.45) is 1.47. The van der Waals surface area contributed by atoms with Crippen molar-refractivity contribution >= 4 is 91.8 Å². The van der Waals surface area contributed by atoms with E-state index in [0.717, 1.165) is 22.7 Å². The molecule has 19 heavy (non-hydrogen) atoms. The van der Waals surface area contributed by atoms with Crippen molar-refractivity contribution in [2.45, 2.75) is 0 Å². The lowest BCUT2D eigenvalue weighted by Crippen LogP contribution is -2.24. The van der Waals surface area contributed by atoms with E-state index in [9.17, 15) is 14.7 Å². The normalized spacial score (nSPS) is 10.2. The molecule has 8 heteroatoms. The fourth-order valence-corrected chi connectivity index (χ4v) is 6.53. The molecule has 0 aliphatic heterocycles. The van der Waals surface area contributed by atoms with Gasteiger partial charge >= 0.3 is 0 Å². The van der Waals surface area contributed by atoms with E-state index in [4.69, 9.17) is 0 Å². The molecule has 0 unspecified atom stereocenters. The Labute approximate surface area is 152 Å². The Balaban J connectivity index is 3.75. The van der Waals surface area contributed by atoms with Gasteiger partial charge in [-0.3, -0.25) is 9.59 Å². The second-order valence-electron chi connectivity index (χ2n) is 3.73. The highest BCUT2D eigenvalue weighted by molar-refractivity contribution is 14.1. The molecule has 1 aromatic rings. The second-order valence-corrected chi connectivity index (χ2v) is 6.96. The fraction of sp³-hybridized carbons (Fsp3) is 0.273. The van der Waals surface area contributed by atoms with Crippen LogP contribution in [0.4, 0.5) is 11.4 Å². The van der Waals surface area contributed by atoms with Crippen molar-refractivity contribution < 1.29 is 14.7 Å². The first-order valence-corrected chi connectivity index (χ1v) is 8.30. The molecular weight excluding hydrogens is 589 g/mol. The number of hydrogen-bond acceptors (Lipinski definition) is 4. The smallest absolute Gasteiger partial charge is 0.213 e. The highest BCUT2D eigenvalue weighted by atomic mass is 127. The number of benzene rings is 1. The molecule has 0 aromatic heterocycles. The largest absolute Gasteiger partial charge is 0.376 e. The van der Waals surface area contributed by atoms with Gasteiger partial charge in [-0.15, -0.1) is 0 Å². The molecule has 1 rings (SSSR count). The van der Waals surface area contributed by atoms with Crippen LogP contribution in [-0.2, 0) is 4.79 Å². The van der Waals surface area contributed by atoms with Crippen LogP contribution in [0.3, 0.4) is 0 Å². The first-order chi connectivity index (χ1) is 8.90. The minimum Gasteiger partial charge on any atom is -0.376 e. The van der Waals surface area contributed by atoms with Crippen LogP contribution in [0.1, 0.15) is 10.4 Å². The van der Waals surface area contributed by atoms with E-state index in [1.807, 2.05) is 0 Å². The number of amides is 1. The third-order valence-corrected chi connectivity index (χ3v) is 5.73. The molecule has 0 aliphatic carbocycles. The number of aliphatic hydroxyl groups excluding tert-OH is 1. The minimum absolute atomic E-state index is 0.171. The van der Waals surface area contributed by atoms with Crippen molar-refractivity contribution in [2.24, 2.45) is 0 Å². The number of carbonyl (C=O) groups excluding carboxylic acids is 2. The van der Waals surface area contributed by atoms with E-state index < -0.39 is 0 Å². The van der Waals surface area contributed by atoms with Crippen LogP contribution >= 0.6 is 67.8 Å². The monoisotopic (exact) mass is 600 g/mol. The summed E-state index contributed by atoms with van der Waals surface area (Å²) in [4.78, 5) is 25.4. The molecule has 0 saturated carbocycles. The second kappa shape index (κ2) is 7.36. The van der Waals surface area contributed by atoms with Crippen molar-refractivity contribution in [3.63, 3.8) is 0 Å². The van der Waals surface area contributed by atoms with E-state index in [-0.39, 0.29) is 6.73 Å². The summed E-state index contributed by atoms with van der Waals surface area (Å²) < 4.78 is 2.32. The first kappa shape index (κ1) is 17.4. The molecule has 1 aromatic carbocycles. The number of aliphatic hydroxyl groups is 1. The molecule has 0 spiro atoms. The topological polar surface area (TPSA) is 60.9 Å². The summed E-state index contributed by atoms with van der Waals surface area (Å²) in [5.74, 6) is 0. The summed E-state index contributed by atoms with van der Waals surface area (Å²) in [6, 6.07) is 0. The van der Waals surface area contributed by atoms with Gasteiger partial charge in [-0.1, -0.05) is 0 Å². The van der Waals surface area contributed by atoms with Gasteiger partial charge in [0.05, 0.1) is 14.9 Å². The Kier molecular flexibility index (Phi) is 6.72. The summed E-state index contributed by atoms with van der Waals surface area (Å²) in [7, 11) is 3.36. The van der Waals surface area contributed by atoms with Crippen molar-refractivity contribution in [3.05, 3.63) is 16.3 Å². The lowest BCUT2D eigenvalue weighted by atomic mass is 10.1. The SMILES string of the molecule is CN(C=O)c1c(I)c(C=O)c(I)c(N(C)CO)c1I. The Hall–Kier alpha value is 0.310. The molecule has 0 saturated heterocycles. The molecule has 0 heterocycles. The summed E-state index contributed by atoms with van der Waals surface area (Å²) in [6.45, 7) is -0.171. The number of aldehydes is 1. The molecule has 0 radical (unpaired) electrons. The zero-order valence-electron chi connectivity index (χ0n) is 10.2. The fourth-order valence-electron chi connectivity index (χ4n) is 1.53. The van der Waals surface area contributed by atoms with Crippen molar-refractivity contribution in [3.8, 4) is 0 Å². The predicted octanol–water partition coefficient (Wildman–Crippen LogP) is 2.29. The Bertz CT molecular complexity index is 523. The van der Waals surface area contributed by atoms with Crippen molar-refractivity contribution in [1.82, 2.24) is 0 Å². The molecule has 1 amide bonds. The zero-order valence-corrected chi connectivity index (χ0v) is 16.6. The van der Waals surface area contributed by atoms with Gasteiger partial charge in [0, 0.05) is 26.8 Å². The average molecular weight is 600 g/mol. The molecule has 0 bridgehead atoms.